The molecule has 116 valence electrons. The van der Waals surface area contributed by atoms with E-state index in [-0.39, 0.29) is 12.1 Å². The second-order valence-electron chi connectivity index (χ2n) is 4.69. The molecule has 0 aromatic heterocycles. The van der Waals surface area contributed by atoms with Crippen molar-refractivity contribution in [1.29, 1.82) is 0 Å². The van der Waals surface area contributed by atoms with Gasteiger partial charge in [0.05, 0.1) is 25.3 Å². The number of halogens is 1. The molecule has 0 radical (unpaired) electrons. The Morgan fingerprint density at radius 3 is 2.48 bits per heavy atom. The van der Waals surface area contributed by atoms with Crippen LogP contribution in [0, 0.1) is 5.82 Å². The number of aliphatic hydroxyl groups is 2. The van der Waals surface area contributed by atoms with Crippen LogP contribution in [0.5, 0.6) is 0 Å². The Labute approximate surface area is 122 Å². The van der Waals surface area contributed by atoms with Crippen LogP contribution in [0.3, 0.4) is 0 Å². The first-order valence-corrected chi connectivity index (χ1v) is 6.53. The smallest absolute Gasteiger partial charge is 0.251 e. The van der Waals surface area contributed by atoms with E-state index >= 15 is 0 Å². The van der Waals surface area contributed by atoms with Crippen molar-refractivity contribution in [3.8, 4) is 0 Å². The van der Waals surface area contributed by atoms with Crippen LogP contribution < -0.4 is 10.6 Å². The highest BCUT2D eigenvalue weighted by Crippen LogP contribution is 2.08. The van der Waals surface area contributed by atoms with Gasteiger partial charge in [-0.05, 0) is 24.6 Å². The maximum Gasteiger partial charge on any atom is 0.251 e. The molecule has 21 heavy (non-hydrogen) atoms. The molecule has 0 saturated heterocycles. The SMILES string of the molecule is CCC(CO)(CO)NC(=O)CNC(=O)c1cccc(F)c1. The lowest BCUT2D eigenvalue weighted by atomic mass is 9.98. The lowest BCUT2D eigenvalue weighted by Gasteiger charge is -2.29. The van der Waals surface area contributed by atoms with Gasteiger partial charge in [0.2, 0.25) is 5.91 Å². The molecule has 0 heterocycles. The minimum atomic E-state index is -1.11. The van der Waals surface area contributed by atoms with Crippen molar-refractivity contribution >= 4 is 11.8 Å². The largest absolute Gasteiger partial charge is 0.394 e. The molecule has 0 aliphatic carbocycles. The van der Waals surface area contributed by atoms with Gasteiger partial charge in [0.15, 0.2) is 0 Å². The van der Waals surface area contributed by atoms with Crippen molar-refractivity contribution < 1.29 is 24.2 Å². The molecule has 1 aromatic rings. The van der Waals surface area contributed by atoms with Gasteiger partial charge >= 0.3 is 0 Å². The first-order chi connectivity index (χ1) is 9.96. The highest BCUT2D eigenvalue weighted by atomic mass is 19.1. The van der Waals surface area contributed by atoms with E-state index in [1.165, 1.54) is 18.2 Å². The number of aliphatic hydroxyl groups excluding tert-OH is 2. The molecule has 0 spiro atoms. The third kappa shape index (κ3) is 4.80. The van der Waals surface area contributed by atoms with Crippen LogP contribution in [0.2, 0.25) is 0 Å². The van der Waals surface area contributed by atoms with E-state index in [0.29, 0.717) is 6.42 Å². The molecule has 0 unspecified atom stereocenters. The number of rotatable bonds is 7. The second-order valence-corrected chi connectivity index (χ2v) is 4.69. The Bertz CT molecular complexity index is 495. The Morgan fingerprint density at radius 2 is 1.95 bits per heavy atom. The van der Waals surface area contributed by atoms with E-state index in [9.17, 15) is 24.2 Å². The minimum absolute atomic E-state index is 0.105. The molecule has 4 N–H and O–H groups in total. The standard InChI is InChI=1S/C14H19FN2O4/c1-2-14(8-18,9-19)17-12(20)7-16-13(21)10-4-3-5-11(15)6-10/h3-6,18-19H,2,7-9H2,1H3,(H,16,21)(H,17,20). The van der Waals surface area contributed by atoms with Crippen LogP contribution in [0.4, 0.5) is 4.39 Å². The number of hydrogen-bond acceptors (Lipinski definition) is 4. The van der Waals surface area contributed by atoms with Crippen LogP contribution in [-0.2, 0) is 4.79 Å². The molecule has 7 heteroatoms. The van der Waals surface area contributed by atoms with Crippen LogP contribution in [0.15, 0.2) is 24.3 Å². The van der Waals surface area contributed by atoms with Crippen LogP contribution in [0.1, 0.15) is 23.7 Å². The highest BCUT2D eigenvalue weighted by molar-refractivity contribution is 5.96. The average Bonchev–Trinajstić information content (AvgIpc) is 2.50. The normalized spacial score (nSPS) is 11.0. The number of hydrogen-bond donors (Lipinski definition) is 4. The maximum absolute atomic E-state index is 13.0. The van der Waals surface area contributed by atoms with E-state index in [4.69, 9.17) is 0 Å². The molecule has 0 atom stereocenters. The van der Waals surface area contributed by atoms with Crippen molar-refractivity contribution in [1.82, 2.24) is 10.6 Å². The molecule has 0 saturated carbocycles. The van der Waals surface area contributed by atoms with Crippen molar-refractivity contribution in [3.05, 3.63) is 35.6 Å². The van der Waals surface area contributed by atoms with Gasteiger partial charge in [-0.3, -0.25) is 9.59 Å². The summed E-state index contributed by atoms with van der Waals surface area (Å²) < 4.78 is 13.0. The first-order valence-electron chi connectivity index (χ1n) is 6.53. The van der Waals surface area contributed by atoms with Crippen molar-refractivity contribution in [2.75, 3.05) is 19.8 Å². The topological polar surface area (TPSA) is 98.7 Å². The summed E-state index contributed by atoms with van der Waals surface area (Å²) >= 11 is 0. The Balaban J connectivity index is 2.55. The summed E-state index contributed by atoms with van der Waals surface area (Å²) in [7, 11) is 0. The predicted octanol–water partition coefficient (Wildman–Crippen LogP) is -0.195. The van der Waals surface area contributed by atoms with E-state index < -0.39 is 36.4 Å². The van der Waals surface area contributed by atoms with E-state index in [2.05, 4.69) is 10.6 Å². The average molecular weight is 298 g/mol. The Hall–Kier alpha value is -1.99. The third-order valence-corrected chi connectivity index (χ3v) is 3.18. The van der Waals surface area contributed by atoms with Crippen molar-refractivity contribution in [3.63, 3.8) is 0 Å². The summed E-state index contributed by atoms with van der Waals surface area (Å²) in [5, 5.41) is 23.2. The van der Waals surface area contributed by atoms with Gasteiger partial charge in [-0.1, -0.05) is 13.0 Å². The summed E-state index contributed by atoms with van der Waals surface area (Å²) in [4.78, 5) is 23.4. The fourth-order valence-electron chi connectivity index (χ4n) is 1.67. The molecule has 2 amide bonds. The fraction of sp³-hybridized carbons (Fsp3) is 0.429. The zero-order valence-electron chi connectivity index (χ0n) is 11.7. The van der Waals surface area contributed by atoms with Gasteiger partial charge in [0, 0.05) is 5.56 Å². The molecule has 1 aromatic carbocycles. The number of amides is 2. The monoisotopic (exact) mass is 298 g/mol. The van der Waals surface area contributed by atoms with Gasteiger partial charge in [-0.2, -0.15) is 0 Å². The Morgan fingerprint density at radius 1 is 1.29 bits per heavy atom. The number of carbonyl (C=O) groups is 2. The van der Waals surface area contributed by atoms with Gasteiger partial charge in [0.1, 0.15) is 5.82 Å². The lowest BCUT2D eigenvalue weighted by molar-refractivity contribution is -0.123. The number of carbonyl (C=O) groups excluding carboxylic acids is 2. The molecule has 0 aliphatic heterocycles. The van der Waals surface area contributed by atoms with Gasteiger partial charge in [-0.15, -0.1) is 0 Å². The molecular weight excluding hydrogens is 279 g/mol. The van der Waals surface area contributed by atoms with Crippen molar-refractivity contribution in [2.45, 2.75) is 18.9 Å². The zero-order chi connectivity index (χ0) is 15.9. The molecule has 1 rings (SSSR count). The van der Waals surface area contributed by atoms with Gasteiger partial charge < -0.3 is 20.8 Å². The highest BCUT2D eigenvalue weighted by Gasteiger charge is 2.28. The summed E-state index contributed by atoms with van der Waals surface area (Å²) in [5.41, 5.74) is -1.01. The predicted molar refractivity (Wildman–Crippen MR) is 74.1 cm³/mol. The second kappa shape index (κ2) is 7.70. The molecule has 6 nitrogen and oxygen atoms in total. The summed E-state index contributed by atoms with van der Waals surface area (Å²) in [6.45, 7) is 0.544. The maximum atomic E-state index is 13.0. The van der Waals surface area contributed by atoms with E-state index in [0.717, 1.165) is 6.07 Å². The zero-order valence-corrected chi connectivity index (χ0v) is 11.7. The van der Waals surface area contributed by atoms with Gasteiger partial charge in [-0.25, -0.2) is 4.39 Å². The van der Waals surface area contributed by atoms with Crippen LogP contribution in [-0.4, -0.2) is 47.3 Å². The van der Waals surface area contributed by atoms with E-state index in [1.807, 2.05) is 0 Å². The number of benzene rings is 1. The summed E-state index contributed by atoms with van der Waals surface area (Å²) in [6, 6.07) is 5.09. The Kier molecular flexibility index (Phi) is 6.26. The lowest BCUT2D eigenvalue weighted by Crippen LogP contribution is -2.55. The molecule has 0 aliphatic rings. The van der Waals surface area contributed by atoms with Crippen LogP contribution in [0.25, 0.3) is 0 Å². The summed E-state index contributed by atoms with van der Waals surface area (Å²) in [6.07, 6.45) is 0.337. The van der Waals surface area contributed by atoms with Crippen molar-refractivity contribution in [2.24, 2.45) is 0 Å². The molecular formula is C14H19FN2O4. The van der Waals surface area contributed by atoms with Crippen LogP contribution >= 0.6 is 0 Å². The number of nitrogens with one attached hydrogen (secondary N) is 2. The van der Waals surface area contributed by atoms with E-state index in [1.54, 1.807) is 6.92 Å². The molecule has 0 bridgehead atoms. The first kappa shape index (κ1) is 17.1. The minimum Gasteiger partial charge on any atom is -0.394 e. The molecule has 0 fully saturated rings. The summed E-state index contributed by atoms with van der Waals surface area (Å²) in [5.74, 6) is -1.68. The third-order valence-electron chi connectivity index (χ3n) is 3.18. The van der Waals surface area contributed by atoms with Gasteiger partial charge in [0.25, 0.3) is 5.91 Å². The quantitative estimate of drug-likeness (QED) is 0.560. The fourth-order valence-corrected chi connectivity index (χ4v) is 1.67.